The minimum atomic E-state index is -0.802. The average molecular weight is 230 g/mol. The van der Waals surface area contributed by atoms with Crippen molar-refractivity contribution in [1.82, 2.24) is 10.2 Å². The summed E-state index contributed by atoms with van der Waals surface area (Å²) in [6.07, 6.45) is 0. The SMILES string of the molecule is CC.CC.COC(=O)c1n[nH]c(=O)cc1O. The van der Waals surface area contributed by atoms with Crippen molar-refractivity contribution in [2.24, 2.45) is 0 Å². The van der Waals surface area contributed by atoms with Gasteiger partial charge in [-0.05, 0) is 0 Å². The molecule has 0 atom stereocenters. The Labute approximate surface area is 94.3 Å². The van der Waals surface area contributed by atoms with E-state index in [2.05, 4.69) is 9.84 Å². The highest BCUT2D eigenvalue weighted by Crippen LogP contribution is 2.09. The highest BCUT2D eigenvalue weighted by Gasteiger charge is 2.13. The highest BCUT2D eigenvalue weighted by atomic mass is 16.5. The number of esters is 1. The standard InChI is InChI=1S/C6H6N2O4.2C2H6/c1-12-6(11)5-3(9)2-4(10)7-8-5;2*1-2/h2H,1H3,(H2,7,9,10);2*1-2H3. The van der Waals surface area contributed by atoms with Gasteiger partial charge >= 0.3 is 5.97 Å². The van der Waals surface area contributed by atoms with E-state index in [0.717, 1.165) is 13.2 Å². The molecular weight excluding hydrogens is 212 g/mol. The highest BCUT2D eigenvalue weighted by molar-refractivity contribution is 5.89. The van der Waals surface area contributed by atoms with Gasteiger partial charge in [-0.1, -0.05) is 27.7 Å². The minimum Gasteiger partial charge on any atom is -0.505 e. The number of methoxy groups -OCH3 is 1. The fraction of sp³-hybridized carbons (Fsp3) is 0.500. The molecule has 1 aromatic rings. The van der Waals surface area contributed by atoms with Gasteiger partial charge in [-0.25, -0.2) is 9.89 Å². The third kappa shape index (κ3) is 5.14. The van der Waals surface area contributed by atoms with Crippen molar-refractivity contribution in [3.05, 3.63) is 22.1 Å². The predicted octanol–water partition coefficient (Wildman–Crippen LogP) is 1.31. The van der Waals surface area contributed by atoms with Gasteiger partial charge in [0.25, 0.3) is 5.56 Å². The van der Waals surface area contributed by atoms with Gasteiger partial charge in [0.05, 0.1) is 7.11 Å². The molecule has 0 bridgehead atoms. The van der Waals surface area contributed by atoms with Gasteiger partial charge in [0, 0.05) is 6.07 Å². The maximum Gasteiger partial charge on any atom is 0.362 e. The van der Waals surface area contributed by atoms with E-state index in [0.29, 0.717) is 0 Å². The number of H-pyrrole nitrogens is 1. The number of rotatable bonds is 1. The summed E-state index contributed by atoms with van der Waals surface area (Å²) in [5, 5.41) is 14.3. The molecule has 0 aliphatic rings. The lowest BCUT2D eigenvalue weighted by atomic mass is 10.3. The Kier molecular flexibility index (Phi) is 10.0. The number of carbonyl (C=O) groups excluding carboxylic acids is 1. The molecule has 0 unspecified atom stereocenters. The van der Waals surface area contributed by atoms with E-state index in [1.54, 1.807) is 0 Å². The van der Waals surface area contributed by atoms with Gasteiger partial charge in [-0.2, -0.15) is 5.10 Å². The molecule has 2 N–H and O–H groups in total. The molecule has 0 aliphatic carbocycles. The minimum absolute atomic E-state index is 0.308. The van der Waals surface area contributed by atoms with E-state index >= 15 is 0 Å². The zero-order valence-corrected chi connectivity index (χ0v) is 10.2. The van der Waals surface area contributed by atoms with Crippen molar-refractivity contribution in [2.45, 2.75) is 27.7 Å². The number of nitrogens with zero attached hydrogens (tertiary/aromatic N) is 1. The second-order valence-corrected chi connectivity index (χ2v) is 1.96. The van der Waals surface area contributed by atoms with Gasteiger partial charge in [-0.15, -0.1) is 0 Å². The number of ether oxygens (including phenoxy) is 1. The van der Waals surface area contributed by atoms with Crippen molar-refractivity contribution in [3.8, 4) is 5.75 Å². The first-order chi connectivity index (χ1) is 7.65. The molecule has 0 spiro atoms. The van der Waals surface area contributed by atoms with Crippen LogP contribution in [0.3, 0.4) is 0 Å². The molecular formula is C10H18N2O4. The number of carbonyl (C=O) groups is 1. The van der Waals surface area contributed by atoms with Gasteiger partial charge in [-0.3, -0.25) is 4.79 Å². The van der Waals surface area contributed by atoms with Gasteiger partial charge < -0.3 is 9.84 Å². The number of hydrogen-bond acceptors (Lipinski definition) is 5. The van der Waals surface area contributed by atoms with Crippen LogP contribution in [0.15, 0.2) is 10.9 Å². The van der Waals surface area contributed by atoms with Crippen molar-refractivity contribution in [1.29, 1.82) is 0 Å². The Balaban J connectivity index is 0. The lowest BCUT2D eigenvalue weighted by Gasteiger charge is -1.98. The Hall–Kier alpha value is -1.85. The van der Waals surface area contributed by atoms with Crippen LogP contribution in [0.5, 0.6) is 5.75 Å². The van der Waals surface area contributed by atoms with Gasteiger partial charge in [0.2, 0.25) is 5.69 Å². The van der Waals surface area contributed by atoms with Gasteiger partial charge in [0.1, 0.15) is 0 Å². The third-order valence-electron chi connectivity index (χ3n) is 1.17. The largest absolute Gasteiger partial charge is 0.505 e. The van der Waals surface area contributed by atoms with E-state index in [9.17, 15) is 9.59 Å². The second kappa shape index (κ2) is 9.70. The zero-order chi connectivity index (χ0) is 13.1. The molecule has 1 heterocycles. The van der Waals surface area contributed by atoms with Crippen LogP contribution in [-0.2, 0) is 4.74 Å². The van der Waals surface area contributed by atoms with Crippen molar-refractivity contribution < 1.29 is 14.6 Å². The maximum absolute atomic E-state index is 10.8. The van der Waals surface area contributed by atoms with Crippen LogP contribution >= 0.6 is 0 Å². The predicted molar refractivity (Wildman–Crippen MR) is 60.6 cm³/mol. The van der Waals surface area contributed by atoms with Crippen LogP contribution in [-0.4, -0.2) is 28.4 Å². The number of aromatic amines is 1. The summed E-state index contributed by atoms with van der Waals surface area (Å²) in [7, 11) is 1.15. The molecule has 1 aromatic heterocycles. The van der Waals surface area contributed by atoms with E-state index in [1.807, 2.05) is 32.8 Å². The molecule has 0 saturated carbocycles. The molecule has 16 heavy (non-hydrogen) atoms. The van der Waals surface area contributed by atoms with E-state index in [4.69, 9.17) is 5.11 Å². The van der Waals surface area contributed by atoms with Crippen LogP contribution in [0.25, 0.3) is 0 Å². The zero-order valence-electron chi connectivity index (χ0n) is 10.2. The Morgan fingerprint density at radius 2 is 1.88 bits per heavy atom. The molecule has 6 nitrogen and oxygen atoms in total. The Bertz CT molecular complexity index is 360. The fourth-order valence-corrected chi connectivity index (χ4v) is 0.640. The van der Waals surface area contributed by atoms with E-state index in [1.165, 1.54) is 0 Å². The fourth-order valence-electron chi connectivity index (χ4n) is 0.640. The van der Waals surface area contributed by atoms with Crippen LogP contribution in [0.1, 0.15) is 38.2 Å². The molecule has 1 rings (SSSR count). The first kappa shape index (κ1) is 16.6. The van der Waals surface area contributed by atoms with Crippen molar-refractivity contribution in [2.75, 3.05) is 7.11 Å². The first-order valence-electron chi connectivity index (χ1n) is 5.02. The van der Waals surface area contributed by atoms with Crippen LogP contribution in [0, 0.1) is 0 Å². The Morgan fingerprint density at radius 1 is 1.38 bits per heavy atom. The molecule has 92 valence electrons. The summed E-state index contributed by atoms with van der Waals surface area (Å²) in [5.74, 6) is -1.30. The molecule has 0 aromatic carbocycles. The molecule has 0 aliphatic heterocycles. The molecule has 6 heteroatoms. The monoisotopic (exact) mass is 230 g/mol. The maximum atomic E-state index is 10.8. The number of hydrogen-bond donors (Lipinski definition) is 2. The summed E-state index contributed by atoms with van der Waals surface area (Å²) in [5.41, 5.74) is -0.891. The lowest BCUT2D eigenvalue weighted by Crippen LogP contribution is -2.12. The molecule has 0 radical (unpaired) electrons. The summed E-state index contributed by atoms with van der Waals surface area (Å²) in [4.78, 5) is 21.3. The van der Waals surface area contributed by atoms with Crippen molar-refractivity contribution >= 4 is 5.97 Å². The molecule has 0 saturated heterocycles. The summed E-state index contributed by atoms with van der Waals surface area (Å²) < 4.78 is 4.27. The van der Waals surface area contributed by atoms with Crippen molar-refractivity contribution in [3.63, 3.8) is 0 Å². The molecule has 0 amide bonds. The normalized spacial score (nSPS) is 7.81. The quantitative estimate of drug-likeness (QED) is 0.710. The third-order valence-corrected chi connectivity index (χ3v) is 1.17. The number of nitrogens with one attached hydrogen (secondary N) is 1. The summed E-state index contributed by atoms with van der Waals surface area (Å²) >= 11 is 0. The molecule has 0 fully saturated rings. The van der Waals surface area contributed by atoms with Gasteiger partial charge in [0.15, 0.2) is 5.75 Å². The van der Waals surface area contributed by atoms with Crippen LogP contribution < -0.4 is 5.56 Å². The number of aromatic hydroxyl groups is 1. The average Bonchev–Trinajstić information content (AvgIpc) is 2.33. The Morgan fingerprint density at radius 3 is 2.25 bits per heavy atom. The smallest absolute Gasteiger partial charge is 0.362 e. The summed E-state index contributed by atoms with van der Waals surface area (Å²) in [6, 6.07) is 0.846. The first-order valence-corrected chi connectivity index (χ1v) is 5.02. The van der Waals surface area contributed by atoms with Crippen LogP contribution in [0.4, 0.5) is 0 Å². The second-order valence-electron chi connectivity index (χ2n) is 1.96. The topological polar surface area (TPSA) is 92.3 Å². The van der Waals surface area contributed by atoms with E-state index in [-0.39, 0.29) is 5.69 Å². The van der Waals surface area contributed by atoms with Crippen LogP contribution in [0.2, 0.25) is 0 Å². The summed E-state index contributed by atoms with van der Waals surface area (Å²) in [6.45, 7) is 8.00. The van der Waals surface area contributed by atoms with E-state index < -0.39 is 17.3 Å². The number of aromatic nitrogens is 2. The lowest BCUT2D eigenvalue weighted by molar-refractivity contribution is 0.0589.